The number of ether oxygens (including phenoxy) is 2. The van der Waals surface area contributed by atoms with Gasteiger partial charge in [0.15, 0.2) is 0 Å². The molecule has 0 aromatic heterocycles. The second-order valence-corrected chi connectivity index (χ2v) is 9.88. The molecule has 0 heterocycles. The average molecular weight is 557 g/mol. The van der Waals surface area contributed by atoms with Crippen molar-refractivity contribution in [2.24, 2.45) is 0 Å². The first-order valence-corrected chi connectivity index (χ1v) is 13.4. The minimum absolute atomic E-state index is 0.143. The zero-order chi connectivity index (χ0) is 28.3. The normalized spacial score (nSPS) is 11.4. The second-order valence-electron chi connectivity index (χ2n) is 9.44. The van der Waals surface area contributed by atoms with Crippen LogP contribution in [0, 0.1) is 0 Å². The van der Waals surface area contributed by atoms with E-state index >= 15 is 0 Å². The van der Waals surface area contributed by atoms with Gasteiger partial charge in [-0.1, -0.05) is 78.3 Å². The van der Waals surface area contributed by atoms with E-state index in [2.05, 4.69) is 5.32 Å². The van der Waals surface area contributed by atoms with E-state index in [-0.39, 0.29) is 24.8 Å². The van der Waals surface area contributed by atoms with E-state index in [0.29, 0.717) is 18.0 Å². The molecule has 2 amide bonds. The van der Waals surface area contributed by atoms with Gasteiger partial charge in [0, 0.05) is 24.5 Å². The number of nitrogens with zero attached hydrogens (tertiary/aromatic N) is 1. The van der Waals surface area contributed by atoms with Crippen molar-refractivity contribution in [1.29, 1.82) is 0 Å². The van der Waals surface area contributed by atoms with Gasteiger partial charge in [0.1, 0.15) is 17.5 Å². The Morgan fingerprint density at radius 2 is 1.27 bits per heavy atom. The number of carbonyl (C=O) groups excluding carboxylic acids is 2. The maximum absolute atomic E-state index is 13.9. The van der Waals surface area contributed by atoms with Gasteiger partial charge in [-0.3, -0.25) is 9.59 Å². The van der Waals surface area contributed by atoms with Crippen molar-refractivity contribution in [3.63, 3.8) is 0 Å². The fraction of sp³-hybridized carbons (Fsp3) is 0.212. The third-order valence-corrected chi connectivity index (χ3v) is 6.93. The van der Waals surface area contributed by atoms with Crippen molar-refractivity contribution in [1.82, 2.24) is 10.2 Å². The summed E-state index contributed by atoms with van der Waals surface area (Å²) in [6.07, 6.45) is 0.516. The molecular formula is C33H33ClN2O4. The molecule has 0 radical (unpaired) electrons. The van der Waals surface area contributed by atoms with Gasteiger partial charge in [0.2, 0.25) is 11.8 Å². The monoisotopic (exact) mass is 556 g/mol. The standard InChI is InChI=1S/C33H33ClN2O4/c1-39-29-16-10-26(11-17-29)22-35-33(38)31(20-24-6-4-3-5-7-24)36(23-27-12-18-30(40-2)19-13-27)32(37)21-25-8-14-28(34)15-9-25/h3-19,31H,20-23H2,1-2H3,(H,35,38)/t31-/m0/s1. The number of nitrogens with one attached hydrogen (secondary N) is 1. The molecule has 4 aromatic rings. The number of halogens is 1. The number of hydrogen-bond acceptors (Lipinski definition) is 4. The topological polar surface area (TPSA) is 67.9 Å². The van der Waals surface area contributed by atoms with Gasteiger partial charge in [-0.15, -0.1) is 0 Å². The Kier molecular flexibility index (Phi) is 10.2. The van der Waals surface area contributed by atoms with E-state index in [0.717, 1.165) is 33.8 Å². The minimum Gasteiger partial charge on any atom is -0.497 e. The van der Waals surface area contributed by atoms with Gasteiger partial charge in [0.05, 0.1) is 20.6 Å². The fourth-order valence-electron chi connectivity index (χ4n) is 4.41. The number of carbonyl (C=O) groups is 2. The lowest BCUT2D eigenvalue weighted by Gasteiger charge is -2.32. The summed E-state index contributed by atoms with van der Waals surface area (Å²) < 4.78 is 10.5. The summed E-state index contributed by atoms with van der Waals surface area (Å²) >= 11 is 6.06. The molecule has 0 spiro atoms. The zero-order valence-corrected chi connectivity index (χ0v) is 23.4. The summed E-state index contributed by atoms with van der Waals surface area (Å²) in [6, 6.07) is 31.3. The first kappa shape index (κ1) is 28.7. The number of hydrogen-bond donors (Lipinski definition) is 1. The van der Waals surface area contributed by atoms with Crippen LogP contribution >= 0.6 is 11.6 Å². The van der Waals surface area contributed by atoms with E-state index in [4.69, 9.17) is 21.1 Å². The lowest BCUT2D eigenvalue weighted by molar-refractivity contribution is -0.140. The first-order valence-electron chi connectivity index (χ1n) is 13.1. The summed E-state index contributed by atoms with van der Waals surface area (Å²) in [5, 5.41) is 3.66. The Hall–Kier alpha value is -4.29. The van der Waals surface area contributed by atoms with Crippen LogP contribution in [0.5, 0.6) is 11.5 Å². The van der Waals surface area contributed by atoms with Crippen molar-refractivity contribution in [2.45, 2.75) is 32.0 Å². The molecule has 1 N–H and O–H groups in total. The first-order chi connectivity index (χ1) is 19.4. The Morgan fingerprint density at radius 3 is 1.85 bits per heavy atom. The second kappa shape index (κ2) is 14.2. The van der Waals surface area contributed by atoms with Crippen LogP contribution in [0.3, 0.4) is 0 Å². The molecular weight excluding hydrogens is 524 g/mol. The molecule has 6 nitrogen and oxygen atoms in total. The molecule has 40 heavy (non-hydrogen) atoms. The van der Waals surface area contributed by atoms with Crippen LogP contribution in [0.1, 0.15) is 22.3 Å². The minimum atomic E-state index is -0.734. The van der Waals surface area contributed by atoms with E-state index < -0.39 is 6.04 Å². The summed E-state index contributed by atoms with van der Waals surface area (Å²) in [5.74, 6) is 1.09. The van der Waals surface area contributed by atoms with Gasteiger partial charge in [-0.25, -0.2) is 0 Å². The number of amides is 2. The van der Waals surface area contributed by atoms with Gasteiger partial charge in [-0.2, -0.15) is 0 Å². The lowest BCUT2D eigenvalue weighted by atomic mass is 10.0. The Balaban J connectivity index is 1.63. The van der Waals surface area contributed by atoms with Crippen LogP contribution in [-0.2, 0) is 35.5 Å². The van der Waals surface area contributed by atoms with Gasteiger partial charge in [0.25, 0.3) is 0 Å². The van der Waals surface area contributed by atoms with E-state index in [9.17, 15) is 9.59 Å². The SMILES string of the molecule is COc1ccc(CNC(=O)[C@H](Cc2ccccc2)N(Cc2ccc(OC)cc2)C(=O)Cc2ccc(Cl)cc2)cc1. The molecule has 0 aliphatic carbocycles. The van der Waals surface area contributed by atoms with Crippen molar-refractivity contribution in [3.8, 4) is 11.5 Å². The van der Waals surface area contributed by atoms with Crippen LogP contribution in [-0.4, -0.2) is 37.0 Å². The average Bonchev–Trinajstić information content (AvgIpc) is 3.00. The number of rotatable bonds is 12. The predicted molar refractivity (Wildman–Crippen MR) is 157 cm³/mol. The molecule has 0 aliphatic rings. The molecule has 0 saturated heterocycles. The molecule has 0 unspecified atom stereocenters. The highest BCUT2D eigenvalue weighted by molar-refractivity contribution is 6.30. The molecule has 4 rings (SSSR count). The summed E-state index contributed by atoms with van der Waals surface area (Å²) in [6.45, 7) is 0.597. The molecule has 4 aromatic carbocycles. The number of methoxy groups -OCH3 is 2. The zero-order valence-electron chi connectivity index (χ0n) is 22.7. The van der Waals surface area contributed by atoms with Gasteiger partial charge < -0.3 is 19.7 Å². The molecule has 0 fully saturated rings. The Labute approximate surface area is 240 Å². The van der Waals surface area contributed by atoms with Crippen molar-refractivity contribution >= 4 is 23.4 Å². The van der Waals surface area contributed by atoms with Crippen molar-refractivity contribution < 1.29 is 19.1 Å². The summed E-state index contributed by atoms with van der Waals surface area (Å²) in [5.41, 5.74) is 3.62. The van der Waals surface area contributed by atoms with Gasteiger partial charge in [-0.05, 0) is 58.7 Å². The number of benzene rings is 4. The largest absolute Gasteiger partial charge is 0.497 e. The van der Waals surface area contributed by atoms with Crippen LogP contribution in [0.4, 0.5) is 0 Å². The molecule has 0 bridgehead atoms. The molecule has 1 atom stereocenters. The Bertz CT molecular complexity index is 1380. The maximum Gasteiger partial charge on any atom is 0.243 e. The molecule has 0 aliphatic heterocycles. The highest BCUT2D eigenvalue weighted by atomic mass is 35.5. The van der Waals surface area contributed by atoms with Crippen LogP contribution in [0.2, 0.25) is 5.02 Å². The third-order valence-electron chi connectivity index (χ3n) is 6.68. The van der Waals surface area contributed by atoms with Crippen LogP contribution in [0.25, 0.3) is 0 Å². The molecule has 7 heteroatoms. The molecule has 206 valence electrons. The van der Waals surface area contributed by atoms with Gasteiger partial charge >= 0.3 is 0 Å². The molecule has 0 saturated carbocycles. The van der Waals surface area contributed by atoms with E-state index in [1.165, 1.54) is 0 Å². The van der Waals surface area contributed by atoms with Crippen molar-refractivity contribution in [2.75, 3.05) is 14.2 Å². The van der Waals surface area contributed by atoms with E-state index in [1.807, 2.05) is 91.0 Å². The van der Waals surface area contributed by atoms with Crippen molar-refractivity contribution in [3.05, 3.63) is 130 Å². The summed E-state index contributed by atoms with van der Waals surface area (Å²) in [4.78, 5) is 29.4. The summed E-state index contributed by atoms with van der Waals surface area (Å²) in [7, 11) is 3.23. The predicted octanol–water partition coefficient (Wildman–Crippen LogP) is 5.86. The van der Waals surface area contributed by atoms with Crippen LogP contribution < -0.4 is 14.8 Å². The highest BCUT2D eigenvalue weighted by Crippen LogP contribution is 2.20. The Morgan fingerprint density at radius 1 is 0.725 bits per heavy atom. The fourth-order valence-corrected chi connectivity index (χ4v) is 4.54. The maximum atomic E-state index is 13.9. The quantitative estimate of drug-likeness (QED) is 0.237. The van der Waals surface area contributed by atoms with Crippen LogP contribution in [0.15, 0.2) is 103 Å². The lowest BCUT2D eigenvalue weighted by Crippen LogP contribution is -2.50. The highest BCUT2D eigenvalue weighted by Gasteiger charge is 2.30. The third kappa shape index (κ3) is 8.10. The van der Waals surface area contributed by atoms with E-state index in [1.54, 1.807) is 31.3 Å². The smallest absolute Gasteiger partial charge is 0.243 e.